The molecule has 1 aliphatic rings. The van der Waals surface area contributed by atoms with Crippen molar-refractivity contribution in [2.45, 2.75) is 45.3 Å². The zero-order valence-electron chi connectivity index (χ0n) is 14.7. The van der Waals surface area contributed by atoms with Crippen molar-refractivity contribution in [3.8, 4) is 11.3 Å². The van der Waals surface area contributed by atoms with Gasteiger partial charge in [-0.15, -0.1) is 11.3 Å². The number of nitrogens with one attached hydrogen (secondary N) is 1. The molecule has 1 amide bonds. The molecule has 0 spiro atoms. The minimum absolute atomic E-state index is 0.108. The summed E-state index contributed by atoms with van der Waals surface area (Å²) < 4.78 is 11.3. The van der Waals surface area contributed by atoms with Crippen LogP contribution in [0.25, 0.3) is 11.3 Å². The highest BCUT2D eigenvalue weighted by atomic mass is 32.1. The molecular formula is C19H24N2O3S. The van der Waals surface area contributed by atoms with Crippen LogP contribution in [0.2, 0.25) is 0 Å². The maximum atomic E-state index is 12.3. The van der Waals surface area contributed by atoms with Gasteiger partial charge in [0.2, 0.25) is 0 Å². The van der Waals surface area contributed by atoms with E-state index in [1.165, 1.54) is 11.3 Å². The fraction of sp³-hybridized carbons (Fsp3) is 0.474. The molecule has 1 aromatic heterocycles. The molecule has 0 bridgehead atoms. The van der Waals surface area contributed by atoms with E-state index >= 15 is 0 Å². The predicted molar refractivity (Wildman–Crippen MR) is 99.9 cm³/mol. The lowest BCUT2D eigenvalue weighted by Gasteiger charge is -2.23. The Kier molecular flexibility index (Phi) is 6.18. The van der Waals surface area contributed by atoms with Gasteiger partial charge in [-0.2, -0.15) is 0 Å². The highest BCUT2D eigenvalue weighted by Crippen LogP contribution is 2.27. The van der Waals surface area contributed by atoms with Gasteiger partial charge in [0.25, 0.3) is 5.91 Å². The first-order chi connectivity index (χ1) is 12.1. The quantitative estimate of drug-likeness (QED) is 0.845. The lowest BCUT2D eigenvalue weighted by Crippen LogP contribution is -2.32. The van der Waals surface area contributed by atoms with Crippen LogP contribution in [0.1, 0.15) is 31.7 Å². The number of hydrogen-bond acceptors (Lipinski definition) is 5. The molecule has 2 heterocycles. The Balaban J connectivity index is 1.53. The smallest absolute Gasteiger partial charge is 0.254 e. The summed E-state index contributed by atoms with van der Waals surface area (Å²) in [7, 11) is 0. The van der Waals surface area contributed by atoms with Gasteiger partial charge in [-0.25, -0.2) is 4.98 Å². The van der Waals surface area contributed by atoms with Crippen LogP contribution < -0.4 is 5.32 Å². The minimum atomic E-state index is -0.531. The Labute approximate surface area is 152 Å². The van der Waals surface area contributed by atoms with Crippen LogP contribution in [-0.2, 0) is 14.3 Å². The van der Waals surface area contributed by atoms with Crippen LogP contribution in [0, 0.1) is 6.92 Å². The number of thiazole rings is 1. The van der Waals surface area contributed by atoms with Gasteiger partial charge in [0.15, 0.2) is 5.13 Å². The minimum Gasteiger partial charge on any atom is -0.376 e. The van der Waals surface area contributed by atoms with Crippen molar-refractivity contribution in [3.63, 3.8) is 0 Å². The zero-order valence-corrected chi connectivity index (χ0v) is 15.5. The van der Waals surface area contributed by atoms with Crippen molar-refractivity contribution in [2.75, 3.05) is 18.5 Å². The fourth-order valence-electron chi connectivity index (χ4n) is 2.79. The maximum Gasteiger partial charge on any atom is 0.254 e. The molecule has 1 aromatic carbocycles. The van der Waals surface area contributed by atoms with E-state index in [9.17, 15) is 4.79 Å². The third-order valence-electron chi connectivity index (χ3n) is 4.33. The summed E-state index contributed by atoms with van der Waals surface area (Å²) in [5, 5.41) is 5.39. The van der Waals surface area contributed by atoms with Crippen LogP contribution in [0.15, 0.2) is 29.6 Å². The van der Waals surface area contributed by atoms with E-state index in [-0.39, 0.29) is 12.0 Å². The third kappa shape index (κ3) is 4.87. The molecule has 25 heavy (non-hydrogen) atoms. The van der Waals surface area contributed by atoms with E-state index in [2.05, 4.69) is 23.3 Å². The monoisotopic (exact) mass is 360 g/mol. The Morgan fingerprint density at radius 2 is 2.28 bits per heavy atom. The molecule has 1 N–H and O–H groups in total. The van der Waals surface area contributed by atoms with E-state index in [4.69, 9.17) is 9.47 Å². The predicted octanol–water partition coefficient (Wildman–Crippen LogP) is 4.03. The van der Waals surface area contributed by atoms with Crippen molar-refractivity contribution >= 4 is 22.4 Å². The molecule has 6 heteroatoms. The summed E-state index contributed by atoms with van der Waals surface area (Å²) >= 11 is 1.42. The number of nitrogens with zero attached hydrogens (tertiary/aromatic N) is 1. The largest absolute Gasteiger partial charge is 0.376 e. The third-order valence-corrected chi connectivity index (χ3v) is 5.09. The molecule has 1 fully saturated rings. The number of ether oxygens (including phenoxy) is 2. The summed E-state index contributed by atoms with van der Waals surface area (Å²) in [6.45, 7) is 5.06. The SMILES string of the molecule is Cc1ccccc1-c1csc(NC(=O)C(C)OCC2CCCCO2)n1. The first kappa shape index (κ1) is 18.0. The number of aryl methyl sites for hydroxylation is 1. The molecule has 0 aliphatic carbocycles. The second-order valence-electron chi connectivity index (χ2n) is 6.31. The number of amides is 1. The number of anilines is 1. The Bertz CT molecular complexity index is 710. The van der Waals surface area contributed by atoms with Crippen LogP contribution in [0.4, 0.5) is 5.13 Å². The number of carbonyl (C=O) groups excluding carboxylic acids is 1. The summed E-state index contributed by atoms with van der Waals surface area (Å²) in [4.78, 5) is 16.8. The van der Waals surface area contributed by atoms with Gasteiger partial charge in [-0.1, -0.05) is 24.3 Å². The van der Waals surface area contributed by atoms with Crippen LogP contribution in [0.3, 0.4) is 0 Å². The van der Waals surface area contributed by atoms with E-state index in [0.29, 0.717) is 11.7 Å². The normalized spacial score (nSPS) is 18.7. The highest BCUT2D eigenvalue weighted by molar-refractivity contribution is 7.14. The molecule has 134 valence electrons. The van der Waals surface area contributed by atoms with Crippen molar-refractivity contribution < 1.29 is 14.3 Å². The number of benzene rings is 1. The Morgan fingerprint density at radius 1 is 1.44 bits per heavy atom. The summed E-state index contributed by atoms with van der Waals surface area (Å²) in [5.41, 5.74) is 3.12. The second kappa shape index (κ2) is 8.56. The number of aromatic nitrogens is 1. The number of carbonyl (C=O) groups is 1. The number of hydrogen-bond donors (Lipinski definition) is 1. The average molecular weight is 360 g/mol. The lowest BCUT2D eigenvalue weighted by molar-refractivity contribution is -0.130. The highest BCUT2D eigenvalue weighted by Gasteiger charge is 2.20. The summed E-state index contributed by atoms with van der Waals surface area (Å²) in [5.74, 6) is -0.179. The van der Waals surface area contributed by atoms with Gasteiger partial charge in [0.1, 0.15) is 6.10 Å². The van der Waals surface area contributed by atoms with Crippen LogP contribution >= 0.6 is 11.3 Å². The van der Waals surface area contributed by atoms with Gasteiger partial charge in [-0.3, -0.25) is 10.1 Å². The molecule has 2 unspecified atom stereocenters. The molecule has 1 aliphatic heterocycles. The molecule has 2 aromatic rings. The van der Waals surface area contributed by atoms with E-state index in [1.807, 2.05) is 23.6 Å². The first-order valence-electron chi connectivity index (χ1n) is 8.69. The second-order valence-corrected chi connectivity index (χ2v) is 7.16. The molecule has 2 atom stereocenters. The zero-order chi connectivity index (χ0) is 17.6. The topological polar surface area (TPSA) is 60.5 Å². The van der Waals surface area contributed by atoms with Crippen LogP contribution in [-0.4, -0.2) is 36.3 Å². The Morgan fingerprint density at radius 3 is 3.04 bits per heavy atom. The van der Waals surface area contributed by atoms with E-state index < -0.39 is 6.10 Å². The maximum absolute atomic E-state index is 12.3. The standard InChI is InChI=1S/C19H24N2O3S/c1-13-7-3-4-9-16(13)17-12-25-19(20-17)21-18(22)14(2)24-11-15-8-5-6-10-23-15/h3-4,7,9,12,14-15H,5-6,8,10-11H2,1-2H3,(H,20,21,22). The van der Waals surface area contributed by atoms with Crippen LogP contribution in [0.5, 0.6) is 0 Å². The van der Waals surface area contributed by atoms with Gasteiger partial charge in [0, 0.05) is 17.6 Å². The molecule has 0 radical (unpaired) electrons. The molecular weight excluding hydrogens is 336 g/mol. The molecule has 0 saturated carbocycles. The van der Waals surface area contributed by atoms with E-state index in [1.54, 1.807) is 6.92 Å². The lowest BCUT2D eigenvalue weighted by atomic mass is 10.1. The van der Waals surface area contributed by atoms with E-state index in [0.717, 1.165) is 42.7 Å². The summed E-state index contributed by atoms with van der Waals surface area (Å²) in [6.07, 6.45) is 2.85. The number of rotatable bonds is 6. The van der Waals surface area contributed by atoms with Crippen molar-refractivity contribution in [3.05, 3.63) is 35.2 Å². The van der Waals surface area contributed by atoms with Crippen molar-refractivity contribution in [1.82, 2.24) is 4.98 Å². The van der Waals surface area contributed by atoms with Gasteiger partial charge >= 0.3 is 0 Å². The van der Waals surface area contributed by atoms with Crippen molar-refractivity contribution in [2.24, 2.45) is 0 Å². The molecule has 3 rings (SSSR count). The van der Waals surface area contributed by atoms with Gasteiger partial charge < -0.3 is 9.47 Å². The fourth-order valence-corrected chi connectivity index (χ4v) is 3.50. The average Bonchev–Trinajstić information content (AvgIpc) is 3.09. The van der Waals surface area contributed by atoms with Gasteiger partial charge in [0.05, 0.1) is 18.4 Å². The van der Waals surface area contributed by atoms with Crippen molar-refractivity contribution in [1.29, 1.82) is 0 Å². The first-order valence-corrected chi connectivity index (χ1v) is 9.57. The Hall–Kier alpha value is -1.76. The van der Waals surface area contributed by atoms with Gasteiger partial charge in [-0.05, 0) is 38.7 Å². The molecule has 5 nitrogen and oxygen atoms in total. The molecule has 1 saturated heterocycles. The summed E-state index contributed by atoms with van der Waals surface area (Å²) in [6, 6.07) is 8.08.